The van der Waals surface area contributed by atoms with Gasteiger partial charge in [-0.15, -0.1) is 10.2 Å². The molecular weight excluding hydrogens is 385 g/mol. The third-order valence-electron chi connectivity index (χ3n) is 3.88. The summed E-state index contributed by atoms with van der Waals surface area (Å²) in [4.78, 5) is 17.0. The van der Waals surface area contributed by atoms with Gasteiger partial charge in [-0.1, -0.05) is 41.3 Å². The summed E-state index contributed by atoms with van der Waals surface area (Å²) in [6.45, 7) is 0. The molecule has 0 aliphatic rings. The Balaban J connectivity index is 1.50. The SMILES string of the molecule is Cn1c(CSc2nnc(Nc3cccc(F)c3)s2)nc2ccccc2c1=O. The van der Waals surface area contributed by atoms with E-state index in [2.05, 4.69) is 20.5 Å². The normalized spacial score (nSPS) is 11.0. The van der Waals surface area contributed by atoms with Crippen LogP contribution in [0.2, 0.25) is 0 Å². The summed E-state index contributed by atoms with van der Waals surface area (Å²) >= 11 is 2.81. The maximum atomic E-state index is 13.3. The number of thioether (sulfide) groups is 1. The molecule has 0 saturated heterocycles. The van der Waals surface area contributed by atoms with Crippen LogP contribution in [0.1, 0.15) is 5.82 Å². The van der Waals surface area contributed by atoms with Crippen molar-refractivity contribution >= 4 is 44.8 Å². The van der Waals surface area contributed by atoms with Gasteiger partial charge >= 0.3 is 0 Å². The summed E-state index contributed by atoms with van der Waals surface area (Å²) in [6, 6.07) is 13.4. The molecule has 0 atom stereocenters. The molecule has 0 radical (unpaired) electrons. The summed E-state index contributed by atoms with van der Waals surface area (Å²) in [5.41, 5.74) is 1.23. The third-order valence-corrected chi connectivity index (χ3v) is 5.85. The fourth-order valence-electron chi connectivity index (χ4n) is 2.53. The van der Waals surface area contributed by atoms with Crippen LogP contribution in [0, 0.1) is 5.82 Å². The molecule has 0 aliphatic carbocycles. The number of para-hydroxylation sites is 1. The van der Waals surface area contributed by atoms with Gasteiger partial charge in [0.25, 0.3) is 5.56 Å². The number of nitrogens with one attached hydrogen (secondary N) is 1. The van der Waals surface area contributed by atoms with Gasteiger partial charge in [-0.05, 0) is 30.3 Å². The quantitative estimate of drug-likeness (QED) is 0.512. The second-order valence-corrected chi connectivity index (χ2v) is 7.91. The van der Waals surface area contributed by atoms with Crippen LogP contribution in [-0.2, 0) is 12.8 Å². The minimum absolute atomic E-state index is 0.0677. The lowest BCUT2D eigenvalue weighted by Gasteiger charge is -2.07. The van der Waals surface area contributed by atoms with Gasteiger partial charge < -0.3 is 5.32 Å². The summed E-state index contributed by atoms with van der Waals surface area (Å²) < 4.78 is 15.5. The highest BCUT2D eigenvalue weighted by Gasteiger charge is 2.11. The van der Waals surface area contributed by atoms with Crippen molar-refractivity contribution < 1.29 is 4.39 Å². The van der Waals surface area contributed by atoms with Crippen LogP contribution in [0.5, 0.6) is 0 Å². The molecule has 6 nitrogen and oxygen atoms in total. The number of anilines is 2. The van der Waals surface area contributed by atoms with Crippen molar-refractivity contribution in [1.82, 2.24) is 19.7 Å². The van der Waals surface area contributed by atoms with Gasteiger partial charge in [-0.25, -0.2) is 9.37 Å². The maximum Gasteiger partial charge on any atom is 0.261 e. The monoisotopic (exact) mass is 399 g/mol. The number of benzene rings is 2. The lowest BCUT2D eigenvalue weighted by atomic mass is 10.2. The Morgan fingerprint density at radius 3 is 2.89 bits per heavy atom. The van der Waals surface area contributed by atoms with E-state index in [0.717, 1.165) is 4.34 Å². The van der Waals surface area contributed by atoms with Gasteiger partial charge in [-0.3, -0.25) is 9.36 Å². The molecule has 0 fully saturated rings. The van der Waals surface area contributed by atoms with Crippen LogP contribution in [0.3, 0.4) is 0 Å². The van der Waals surface area contributed by atoms with Crippen molar-refractivity contribution in [2.45, 2.75) is 10.1 Å². The van der Waals surface area contributed by atoms with E-state index >= 15 is 0 Å². The predicted molar refractivity (Wildman–Crippen MR) is 106 cm³/mol. The molecule has 0 amide bonds. The maximum absolute atomic E-state index is 13.3. The number of nitrogens with zero attached hydrogens (tertiary/aromatic N) is 4. The first-order valence-corrected chi connectivity index (χ1v) is 9.84. The molecule has 0 saturated carbocycles. The number of halogens is 1. The molecule has 4 rings (SSSR count). The van der Waals surface area contributed by atoms with Crippen LogP contribution in [0.4, 0.5) is 15.2 Å². The molecule has 4 aromatic rings. The van der Waals surface area contributed by atoms with Crippen LogP contribution in [0.25, 0.3) is 10.9 Å². The summed E-state index contributed by atoms with van der Waals surface area (Å²) in [7, 11) is 1.72. The van der Waals surface area contributed by atoms with Gasteiger partial charge in [0, 0.05) is 12.7 Å². The van der Waals surface area contributed by atoms with E-state index in [1.54, 1.807) is 29.8 Å². The Kier molecular flexibility index (Phi) is 4.87. The summed E-state index contributed by atoms with van der Waals surface area (Å²) in [6.07, 6.45) is 0. The zero-order valence-electron chi connectivity index (χ0n) is 14.2. The highest BCUT2D eigenvalue weighted by atomic mass is 32.2. The van der Waals surface area contributed by atoms with Crippen molar-refractivity contribution in [2.24, 2.45) is 7.05 Å². The number of hydrogen-bond acceptors (Lipinski definition) is 7. The average molecular weight is 399 g/mol. The van der Waals surface area contributed by atoms with E-state index in [9.17, 15) is 9.18 Å². The number of aromatic nitrogens is 4. The van der Waals surface area contributed by atoms with E-state index in [-0.39, 0.29) is 11.4 Å². The van der Waals surface area contributed by atoms with E-state index in [1.807, 2.05) is 18.2 Å². The van der Waals surface area contributed by atoms with Gasteiger partial charge in [0.05, 0.1) is 16.7 Å². The standard InChI is InChI=1S/C18H14FN5OS2/c1-24-15(21-14-8-3-2-7-13(14)16(24)25)10-26-18-23-22-17(27-18)20-12-6-4-5-11(19)9-12/h2-9H,10H2,1H3,(H,20,22). The summed E-state index contributed by atoms with van der Waals surface area (Å²) in [5, 5.41) is 12.4. The lowest BCUT2D eigenvalue weighted by Crippen LogP contribution is -2.21. The largest absolute Gasteiger partial charge is 0.330 e. The number of hydrogen-bond donors (Lipinski definition) is 1. The molecule has 9 heteroatoms. The minimum Gasteiger partial charge on any atom is -0.330 e. The van der Waals surface area contributed by atoms with Gasteiger partial charge in [0.1, 0.15) is 11.6 Å². The first-order valence-electron chi connectivity index (χ1n) is 8.04. The lowest BCUT2D eigenvalue weighted by molar-refractivity contribution is 0.628. The van der Waals surface area contributed by atoms with Crippen LogP contribution < -0.4 is 10.9 Å². The molecule has 2 aromatic carbocycles. The molecule has 27 heavy (non-hydrogen) atoms. The van der Waals surface area contributed by atoms with E-state index < -0.39 is 0 Å². The molecule has 0 aliphatic heterocycles. The average Bonchev–Trinajstić information content (AvgIpc) is 3.11. The Labute approximate surface area is 162 Å². The van der Waals surface area contributed by atoms with Crippen molar-refractivity contribution in [3.8, 4) is 0 Å². The first kappa shape index (κ1) is 17.6. The smallest absolute Gasteiger partial charge is 0.261 e. The van der Waals surface area contributed by atoms with E-state index in [4.69, 9.17) is 0 Å². The summed E-state index contributed by atoms with van der Waals surface area (Å²) in [5.74, 6) is 0.839. The Morgan fingerprint density at radius 1 is 1.19 bits per heavy atom. The van der Waals surface area contributed by atoms with Crippen LogP contribution in [0.15, 0.2) is 57.7 Å². The molecule has 2 heterocycles. The number of fused-ring (bicyclic) bond motifs is 1. The van der Waals surface area contributed by atoms with Crippen molar-refractivity contribution in [3.05, 3.63) is 70.5 Å². The highest BCUT2D eigenvalue weighted by Crippen LogP contribution is 2.29. The fourth-order valence-corrected chi connectivity index (χ4v) is 4.28. The molecule has 0 spiro atoms. The van der Waals surface area contributed by atoms with Gasteiger partial charge in [-0.2, -0.15) is 0 Å². The van der Waals surface area contributed by atoms with Crippen LogP contribution in [-0.4, -0.2) is 19.7 Å². The second-order valence-electron chi connectivity index (χ2n) is 5.71. The minimum atomic E-state index is -0.317. The topological polar surface area (TPSA) is 72.7 Å². The third kappa shape index (κ3) is 3.83. The van der Waals surface area contributed by atoms with E-state index in [1.165, 1.54) is 35.2 Å². The Bertz CT molecular complexity index is 1170. The van der Waals surface area contributed by atoms with Gasteiger partial charge in [0.2, 0.25) is 5.13 Å². The second kappa shape index (κ2) is 7.45. The highest BCUT2D eigenvalue weighted by molar-refractivity contribution is 8.00. The van der Waals surface area contributed by atoms with Crippen molar-refractivity contribution in [3.63, 3.8) is 0 Å². The molecule has 136 valence electrons. The molecule has 1 N–H and O–H groups in total. The van der Waals surface area contributed by atoms with Crippen LogP contribution >= 0.6 is 23.1 Å². The van der Waals surface area contributed by atoms with Gasteiger partial charge in [0.15, 0.2) is 4.34 Å². The van der Waals surface area contributed by atoms with E-state index in [0.29, 0.717) is 33.3 Å². The molecule has 0 unspecified atom stereocenters. The zero-order valence-corrected chi connectivity index (χ0v) is 15.9. The molecular formula is C18H14FN5OS2. The first-order chi connectivity index (χ1) is 13.1. The zero-order chi connectivity index (χ0) is 18.8. The predicted octanol–water partition coefficient (Wildman–Crippen LogP) is 3.96. The fraction of sp³-hybridized carbons (Fsp3) is 0.111. The van der Waals surface area contributed by atoms with Crippen molar-refractivity contribution in [2.75, 3.05) is 5.32 Å². The number of rotatable bonds is 5. The molecule has 2 aromatic heterocycles. The Hall–Kier alpha value is -2.78. The molecule has 0 bridgehead atoms. The van der Waals surface area contributed by atoms with Crippen molar-refractivity contribution in [1.29, 1.82) is 0 Å². The Morgan fingerprint density at radius 2 is 2.04 bits per heavy atom.